The molecule has 202 valence electrons. The Kier molecular flexibility index (Phi) is 15.4. The minimum atomic E-state index is -0.798. The highest BCUT2D eigenvalue weighted by Gasteiger charge is 2.24. The van der Waals surface area contributed by atoms with Crippen LogP contribution in [0.1, 0.15) is 76.7 Å². The fraction of sp³-hybridized carbons (Fsp3) is 0.615. The van der Waals surface area contributed by atoms with E-state index in [1.807, 2.05) is 0 Å². The van der Waals surface area contributed by atoms with Crippen molar-refractivity contribution in [2.75, 3.05) is 13.7 Å². The first-order chi connectivity index (χ1) is 17.2. The van der Waals surface area contributed by atoms with Crippen molar-refractivity contribution >= 4 is 23.7 Å². The molecule has 0 heterocycles. The van der Waals surface area contributed by atoms with Crippen molar-refractivity contribution in [3.63, 3.8) is 0 Å². The van der Waals surface area contributed by atoms with Crippen molar-refractivity contribution in [3.8, 4) is 5.75 Å². The number of carbonyl (C=O) groups excluding carboxylic acids is 3. The van der Waals surface area contributed by atoms with Gasteiger partial charge in [-0.25, -0.2) is 0 Å². The van der Waals surface area contributed by atoms with E-state index in [0.29, 0.717) is 32.2 Å². The SMILES string of the molecule is CCCCCCCC(=O)N[C@@H](Cc1ccc(O)cc1)C(=O)N[C@@H](CCCNC(=N)N)CCC(=O)OC. The highest BCUT2D eigenvalue weighted by molar-refractivity contribution is 5.88. The van der Waals surface area contributed by atoms with Crippen LogP contribution in [-0.2, 0) is 25.5 Å². The second kappa shape index (κ2) is 18.0. The summed E-state index contributed by atoms with van der Waals surface area (Å²) in [4.78, 5) is 37.6. The molecule has 1 aromatic carbocycles. The van der Waals surface area contributed by atoms with Crippen LogP contribution in [0.5, 0.6) is 5.75 Å². The number of benzene rings is 1. The number of carbonyl (C=O) groups is 3. The number of nitrogens with one attached hydrogen (secondary N) is 4. The fourth-order valence-corrected chi connectivity index (χ4v) is 3.79. The maximum absolute atomic E-state index is 13.3. The summed E-state index contributed by atoms with van der Waals surface area (Å²) in [5.41, 5.74) is 6.12. The van der Waals surface area contributed by atoms with Gasteiger partial charge in [0.2, 0.25) is 11.8 Å². The zero-order chi connectivity index (χ0) is 26.8. The summed E-state index contributed by atoms with van der Waals surface area (Å²) < 4.78 is 4.73. The van der Waals surface area contributed by atoms with Gasteiger partial charge in [0, 0.05) is 31.8 Å². The molecule has 0 aliphatic carbocycles. The molecule has 2 amide bonds. The number of amides is 2. The summed E-state index contributed by atoms with van der Waals surface area (Å²) in [6.45, 7) is 2.60. The molecule has 0 bridgehead atoms. The number of phenols is 1. The molecule has 10 nitrogen and oxygen atoms in total. The quantitative estimate of drug-likeness (QED) is 0.0771. The average Bonchev–Trinajstić information content (AvgIpc) is 2.85. The normalized spacial score (nSPS) is 12.3. The highest BCUT2D eigenvalue weighted by atomic mass is 16.5. The van der Waals surface area contributed by atoms with Crippen molar-refractivity contribution < 1.29 is 24.2 Å². The third kappa shape index (κ3) is 14.2. The number of nitrogens with two attached hydrogens (primary N) is 1. The predicted octanol–water partition coefficient (Wildman–Crippen LogP) is 2.48. The van der Waals surface area contributed by atoms with E-state index >= 15 is 0 Å². The number of guanidine groups is 1. The molecule has 0 fully saturated rings. The lowest BCUT2D eigenvalue weighted by Gasteiger charge is -2.24. The van der Waals surface area contributed by atoms with E-state index in [4.69, 9.17) is 15.9 Å². The van der Waals surface area contributed by atoms with Crippen molar-refractivity contribution in [1.29, 1.82) is 5.41 Å². The Labute approximate surface area is 214 Å². The molecule has 0 spiro atoms. The molecule has 36 heavy (non-hydrogen) atoms. The summed E-state index contributed by atoms with van der Waals surface area (Å²) in [6, 6.07) is 5.40. The Morgan fingerprint density at radius 3 is 2.33 bits per heavy atom. The molecule has 2 atom stereocenters. The molecular weight excluding hydrogens is 462 g/mol. The zero-order valence-corrected chi connectivity index (χ0v) is 21.6. The first-order valence-electron chi connectivity index (χ1n) is 12.8. The lowest BCUT2D eigenvalue weighted by molar-refractivity contribution is -0.141. The first kappa shape index (κ1) is 30.7. The Morgan fingerprint density at radius 2 is 1.69 bits per heavy atom. The Hall–Kier alpha value is -3.30. The molecule has 1 aromatic rings. The van der Waals surface area contributed by atoms with E-state index in [-0.39, 0.29) is 48.4 Å². The van der Waals surface area contributed by atoms with Crippen LogP contribution in [0.15, 0.2) is 24.3 Å². The predicted molar refractivity (Wildman–Crippen MR) is 139 cm³/mol. The monoisotopic (exact) mass is 505 g/mol. The molecule has 0 aliphatic heterocycles. The number of unbranched alkanes of at least 4 members (excludes halogenated alkanes) is 4. The number of aromatic hydroxyl groups is 1. The van der Waals surface area contributed by atoms with Gasteiger partial charge < -0.3 is 31.5 Å². The van der Waals surface area contributed by atoms with E-state index in [2.05, 4.69) is 22.9 Å². The summed E-state index contributed by atoms with van der Waals surface area (Å²) in [5.74, 6) is -0.887. The van der Waals surface area contributed by atoms with Crippen LogP contribution in [0.2, 0.25) is 0 Å². The van der Waals surface area contributed by atoms with Gasteiger partial charge in [0.25, 0.3) is 0 Å². The van der Waals surface area contributed by atoms with Crippen LogP contribution < -0.4 is 21.7 Å². The number of hydrogen-bond donors (Lipinski definition) is 6. The third-order valence-electron chi connectivity index (χ3n) is 5.85. The minimum Gasteiger partial charge on any atom is -0.508 e. The van der Waals surface area contributed by atoms with E-state index in [0.717, 1.165) is 37.7 Å². The van der Waals surface area contributed by atoms with Crippen molar-refractivity contribution in [2.45, 2.75) is 89.6 Å². The van der Waals surface area contributed by atoms with Crippen molar-refractivity contribution in [2.24, 2.45) is 5.73 Å². The number of ether oxygens (including phenoxy) is 1. The zero-order valence-electron chi connectivity index (χ0n) is 21.6. The Balaban J connectivity index is 2.84. The van der Waals surface area contributed by atoms with E-state index < -0.39 is 6.04 Å². The first-order valence-corrected chi connectivity index (χ1v) is 12.8. The number of phenolic OH excluding ortho intramolecular Hbond substituents is 1. The van der Waals surface area contributed by atoms with Gasteiger partial charge in [-0.15, -0.1) is 0 Å². The largest absolute Gasteiger partial charge is 0.508 e. The summed E-state index contributed by atoms with van der Waals surface area (Å²) in [6.07, 6.45) is 7.43. The molecule has 0 saturated heterocycles. The maximum atomic E-state index is 13.3. The van der Waals surface area contributed by atoms with Crippen LogP contribution >= 0.6 is 0 Å². The molecule has 7 N–H and O–H groups in total. The van der Waals surface area contributed by atoms with E-state index in [9.17, 15) is 19.5 Å². The van der Waals surface area contributed by atoms with Crippen molar-refractivity contribution in [1.82, 2.24) is 16.0 Å². The summed E-state index contributed by atoms with van der Waals surface area (Å²) >= 11 is 0. The smallest absolute Gasteiger partial charge is 0.305 e. The minimum absolute atomic E-state index is 0.123. The van der Waals surface area contributed by atoms with Gasteiger partial charge >= 0.3 is 5.97 Å². The number of hydrogen-bond acceptors (Lipinski definition) is 6. The molecule has 0 saturated carbocycles. The van der Waals surface area contributed by atoms with Gasteiger partial charge in [-0.1, -0.05) is 44.7 Å². The Bertz CT molecular complexity index is 815. The number of esters is 1. The third-order valence-corrected chi connectivity index (χ3v) is 5.85. The second-order valence-corrected chi connectivity index (χ2v) is 8.96. The van der Waals surface area contributed by atoms with Gasteiger partial charge in [0.05, 0.1) is 7.11 Å². The van der Waals surface area contributed by atoms with Gasteiger partial charge in [-0.3, -0.25) is 19.8 Å². The fourth-order valence-electron chi connectivity index (χ4n) is 3.79. The van der Waals surface area contributed by atoms with Crippen LogP contribution in [-0.4, -0.2) is 54.6 Å². The second-order valence-electron chi connectivity index (χ2n) is 8.96. The van der Waals surface area contributed by atoms with Gasteiger partial charge in [-0.2, -0.15) is 0 Å². The number of methoxy groups -OCH3 is 1. The lowest BCUT2D eigenvalue weighted by atomic mass is 10.0. The molecule has 10 heteroatoms. The lowest BCUT2D eigenvalue weighted by Crippen LogP contribution is -2.51. The molecule has 0 aromatic heterocycles. The topological polar surface area (TPSA) is 167 Å². The average molecular weight is 506 g/mol. The van der Waals surface area contributed by atoms with Gasteiger partial charge in [-0.05, 0) is 43.4 Å². The summed E-state index contributed by atoms with van der Waals surface area (Å²) in [5, 5.41) is 25.4. The standard InChI is InChI=1S/C26H43N5O5/c1-3-4-5-6-7-10-23(33)31-22(18-19-11-14-21(32)15-12-19)25(35)30-20(13-16-24(34)36-2)9-8-17-29-26(27)28/h11-12,14-15,20,22,32H,3-10,13,16-18H2,1-2H3,(H,30,35)(H,31,33)(H4,27,28,29)/t20-,22-/m0/s1. The van der Waals surface area contributed by atoms with Crippen molar-refractivity contribution in [3.05, 3.63) is 29.8 Å². The number of rotatable bonds is 18. The maximum Gasteiger partial charge on any atom is 0.305 e. The van der Waals surface area contributed by atoms with Crippen LogP contribution in [0.4, 0.5) is 0 Å². The Morgan fingerprint density at radius 1 is 1.00 bits per heavy atom. The molecule has 1 rings (SSSR count). The van der Waals surface area contributed by atoms with Crippen LogP contribution in [0.25, 0.3) is 0 Å². The molecule has 0 unspecified atom stereocenters. The van der Waals surface area contributed by atoms with Gasteiger partial charge in [0.1, 0.15) is 11.8 Å². The van der Waals surface area contributed by atoms with E-state index in [1.54, 1.807) is 24.3 Å². The molecule has 0 aliphatic rings. The molecular formula is C26H43N5O5. The van der Waals surface area contributed by atoms with E-state index in [1.165, 1.54) is 7.11 Å². The van der Waals surface area contributed by atoms with Crippen LogP contribution in [0.3, 0.4) is 0 Å². The summed E-state index contributed by atoms with van der Waals surface area (Å²) in [7, 11) is 1.32. The highest BCUT2D eigenvalue weighted by Crippen LogP contribution is 2.13. The van der Waals surface area contributed by atoms with Gasteiger partial charge in [0.15, 0.2) is 5.96 Å². The van der Waals surface area contributed by atoms with Crippen LogP contribution in [0, 0.1) is 5.41 Å². The molecule has 0 radical (unpaired) electrons.